The van der Waals surface area contributed by atoms with Gasteiger partial charge in [-0.2, -0.15) is 5.10 Å². The van der Waals surface area contributed by atoms with Gasteiger partial charge in [0, 0.05) is 23.8 Å². The van der Waals surface area contributed by atoms with E-state index in [0.29, 0.717) is 5.02 Å². The van der Waals surface area contributed by atoms with E-state index in [1.165, 1.54) is 0 Å². The fraction of sp³-hybridized carbons (Fsp3) is 0.400. The summed E-state index contributed by atoms with van der Waals surface area (Å²) < 4.78 is 7.35. The van der Waals surface area contributed by atoms with Crippen LogP contribution in [0.5, 0.6) is 5.75 Å². The van der Waals surface area contributed by atoms with E-state index in [1.807, 2.05) is 36.0 Å². The molecule has 0 aliphatic rings. The van der Waals surface area contributed by atoms with Gasteiger partial charge in [-0.25, -0.2) is 0 Å². The number of aromatic nitrogens is 2. The van der Waals surface area contributed by atoms with Gasteiger partial charge in [0.2, 0.25) is 0 Å². The van der Waals surface area contributed by atoms with Crippen LogP contribution in [-0.4, -0.2) is 23.4 Å². The highest BCUT2D eigenvalue weighted by Gasteiger charge is 2.20. The van der Waals surface area contributed by atoms with Gasteiger partial charge in [-0.15, -0.1) is 0 Å². The van der Waals surface area contributed by atoms with E-state index in [0.717, 1.165) is 30.0 Å². The summed E-state index contributed by atoms with van der Waals surface area (Å²) in [5.74, 6) is 0.785. The highest BCUT2D eigenvalue weighted by molar-refractivity contribution is 6.30. The van der Waals surface area contributed by atoms with Crippen molar-refractivity contribution in [2.45, 2.75) is 19.4 Å². The lowest BCUT2D eigenvalue weighted by Gasteiger charge is -2.21. The van der Waals surface area contributed by atoms with Crippen LogP contribution in [0.1, 0.15) is 30.6 Å². The van der Waals surface area contributed by atoms with Crippen LogP contribution < -0.4 is 10.1 Å². The maximum Gasteiger partial charge on any atom is 0.125 e. The maximum absolute atomic E-state index is 6.04. The molecule has 108 valence electrons. The van der Waals surface area contributed by atoms with E-state index in [9.17, 15) is 0 Å². The van der Waals surface area contributed by atoms with Crippen molar-refractivity contribution in [2.24, 2.45) is 7.05 Å². The van der Waals surface area contributed by atoms with Crippen molar-refractivity contribution < 1.29 is 4.74 Å². The summed E-state index contributed by atoms with van der Waals surface area (Å²) >= 11 is 6.04. The molecule has 0 amide bonds. The lowest BCUT2D eigenvalue weighted by molar-refractivity contribution is 0.402. The Labute approximate surface area is 124 Å². The lowest BCUT2D eigenvalue weighted by atomic mass is 10.0. The molecule has 2 rings (SSSR count). The quantitative estimate of drug-likeness (QED) is 0.889. The van der Waals surface area contributed by atoms with Crippen LogP contribution >= 0.6 is 11.6 Å². The number of methoxy groups -OCH3 is 1. The zero-order chi connectivity index (χ0) is 14.5. The van der Waals surface area contributed by atoms with Crippen LogP contribution in [0, 0.1) is 0 Å². The molecule has 5 heteroatoms. The Balaban J connectivity index is 2.43. The molecule has 0 spiro atoms. The molecule has 1 N–H and O–H groups in total. The van der Waals surface area contributed by atoms with Gasteiger partial charge in [-0.05, 0) is 31.2 Å². The second-order valence-corrected chi connectivity index (χ2v) is 5.09. The topological polar surface area (TPSA) is 39.1 Å². The number of nitrogens with zero attached hydrogens (tertiary/aromatic N) is 2. The molecule has 20 heavy (non-hydrogen) atoms. The van der Waals surface area contributed by atoms with E-state index in [2.05, 4.69) is 17.3 Å². The van der Waals surface area contributed by atoms with E-state index in [1.54, 1.807) is 13.3 Å². The molecule has 0 saturated carbocycles. The van der Waals surface area contributed by atoms with Gasteiger partial charge in [0.25, 0.3) is 0 Å². The summed E-state index contributed by atoms with van der Waals surface area (Å²) in [6.07, 6.45) is 2.86. The average Bonchev–Trinajstić information content (AvgIpc) is 2.86. The fourth-order valence-corrected chi connectivity index (χ4v) is 2.42. The molecule has 1 aromatic carbocycles. The second kappa shape index (κ2) is 6.77. The Morgan fingerprint density at radius 2 is 2.20 bits per heavy atom. The Kier molecular flexibility index (Phi) is 5.04. The summed E-state index contributed by atoms with van der Waals surface area (Å²) in [5.41, 5.74) is 2.16. The van der Waals surface area contributed by atoms with Crippen molar-refractivity contribution in [1.29, 1.82) is 0 Å². The Morgan fingerprint density at radius 3 is 2.80 bits per heavy atom. The van der Waals surface area contributed by atoms with Gasteiger partial charge < -0.3 is 10.1 Å². The maximum atomic E-state index is 6.04. The van der Waals surface area contributed by atoms with Crippen LogP contribution in [-0.2, 0) is 7.05 Å². The van der Waals surface area contributed by atoms with E-state index in [-0.39, 0.29) is 6.04 Å². The van der Waals surface area contributed by atoms with Crippen LogP contribution in [0.3, 0.4) is 0 Å². The molecule has 1 unspecified atom stereocenters. The van der Waals surface area contributed by atoms with Crippen molar-refractivity contribution in [3.8, 4) is 5.75 Å². The SMILES string of the molecule is CCCNC(c1ccc(Cl)cc1OC)c1ccnn1C. The third-order valence-electron chi connectivity index (χ3n) is 3.26. The number of nitrogens with one attached hydrogen (secondary N) is 1. The number of ether oxygens (including phenoxy) is 1. The van der Waals surface area contributed by atoms with Crippen molar-refractivity contribution in [3.63, 3.8) is 0 Å². The molecular formula is C15H20ClN3O. The number of hydrogen-bond donors (Lipinski definition) is 1. The molecule has 0 radical (unpaired) electrons. The lowest BCUT2D eigenvalue weighted by Crippen LogP contribution is -2.25. The molecule has 0 fully saturated rings. The minimum absolute atomic E-state index is 0.0367. The van der Waals surface area contributed by atoms with Crippen LogP contribution in [0.25, 0.3) is 0 Å². The van der Waals surface area contributed by atoms with Crippen LogP contribution in [0.2, 0.25) is 5.02 Å². The summed E-state index contributed by atoms with van der Waals surface area (Å²) in [5, 5.41) is 8.46. The molecular weight excluding hydrogens is 274 g/mol. The van der Waals surface area contributed by atoms with Gasteiger partial charge in [0.15, 0.2) is 0 Å². The zero-order valence-corrected chi connectivity index (χ0v) is 12.8. The first-order chi connectivity index (χ1) is 9.67. The molecule has 0 bridgehead atoms. The Bertz CT molecular complexity index is 568. The van der Waals surface area contributed by atoms with E-state index >= 15 is 0 Å². The molecule has 1 aromatic heterocycles. The Hall–Kier alpha value is -1.52. The van der Waals surface area contributed by atoms with Gasteiger partial charge in [0.05, 0.1) is 18.8 Å². The minimum Gasteiger partial charge on any atom is -0.496 e. The van der Waals surface area contributed by atoms with Crippen LogP contribution in [0.4, 0.5) is 0 Å². The normalized spacial score (nSPS) is 12.4. The first-order valence-electron chi connectivity index (χ1n) is 6.72. The third kappa shape index (κ3) is 3.14. The summed E-state index contributed by atoms with van der Waals surface area (Å²) in [4.78, 5) is 0. The smallest absolute Gasteiger partial charge is 0.125 e. The molecule has 0 aliphatic heterocycles. The predicted octanol–water partition coefficient (Wildman–Crippen LogP) is 3.17. The van der Waals surface area contributed by atoms with E-state index in [4.69, 9.17) is 16.3 Å². The van der Waals surface area contributed by atoms with Crippen LogP contribution in [0.15, 0.2) is 30.5 Å². The molecule has 1 heterocycles. The molecule has 4 nitrogen and oxygen atoms in total. The van der Waals surface area contributed by atoms with Gasteiger partial charge in [-0.3, -0.25) is 4.68 Å². The first kappa shape index (κ1) is 14.9. The monoisotopic (exact) mass is 293 g/mol. The van der Waals surface area contributed by atoms with Gasteiger partial charge in [-0.1, -0.05) is 24.6 Å². The van der Waals surface area contributed by atoms with E-state index < -0.39 is 0 Å². The summed E-state index contributed by atoms with van der Waals surface area (Å²) in [6.45, 7) is 3.06. The highest BCUT2D eigenvalue weighted by atomic mass is 35.5. The largest absolute Gasteiger partial charge is 0.496 e. The summed E-state index contributed by atoms with van der Waals surface area (Å²) in [6, 6.07) is 7.78. The predicted molar refractivity (Wildman–Crippen MR) is 81.3 cm³/mol. The fourth-order valence-electron chi connectivity index (χ4n) is 2.25. The van der Waals surface area contributed by atoms with Crippen molar-refractivity contribution >= 4 is 11.6 Å². The van der Waals surface area contributed by atoms with Crippen molar-refractivity contribution in [1.82, 2.24) is 15.1 Å². The summed E-state index contributed by atoms with van der Waals surface area (Å²) in [7, 11) is 3.60. The number of hydrogen-bond acceptors (Lipinski definition) is 3. The first-order valence-corrected chi connectivity index (χ1v) is 7.10. The number of rotatable bonds is 6. The zero-order valence-electron chi connectivity index (χ0n) is 12.1. The third-order valence-corrected chi connectivity index (χ3v) is 3.49. The standard InChI is InChI=1S/C15H20ClN3O/c1-4-8-17-15(13-7-9-18-19(13)2)12-6-5-11(16)10-14(12)20-3/h5-7,9-10,15,17H,4,8H2,1-3H3. The van der Waals surface area contributed by atoms with Crippen molar-refractivity contribution in [2.75, 3.05) is 13.7 Å². The number of halogens is 1. The molecule has 1 atom stereocenters. The second-order valence-electron chi connectivity index (χ2n) is 4.65. The number of aryl methyl sites for hydroxylation is 1. The molecule has 0 saturated heterocycles. The number of benzene rings is 1. The highest BCUT2D eigenvalue weighted by Crippen LogP contribution is 2.32. The molecule has 0 aliphatic carbocycles. The average molecular weight is 294 g/mol. The van der Waals surface area contributed by atoms with Gasteiger partial charge >= 0.3 is 0 Å². The van der Waals surface area contributed by atoms with Crippen molar-refractivity contribution in [3.05, 3.63) is 46.7 Å². The minimum atomic E-state index is 0.0367. The Morgan fingerprint density at radius 1 is 1.40 bits per heavy atom. The molecule has 2 aromatic rings. The van der Waals surface area contributed by atoms with Gasteiger partial charge in [0.1, 0.15) is 5.75 Å².